The van der Waals surface area contributed by atoms with Crippen molar-refractivity contribution in [3.63, 3.8) is 0 Å². The molecule has 0 amide bonds. The molecule has 0 bridgehead atoms. The Morgan fingerprint density at radius 2 is 2.40 bits per heavy atom. The quantitative estimate of drug-likeness (QED) is 0.742. The van der Waals surface area contributed by atoms with Crippen molar-refractivity contribution in [3.8, 4) is 0 Å². The molecule has 1 rings (SSSR count). The molecule has 2 N–H and O–H groups in total. The van der Waals surface area contributed by atoms with Crippen LogP contribution in [0.2, 0.25) is 0 Å². The van der Waals surface area contributed by atoms with E-state index in [0.717, 1.165) is 0 Å². The highest BCUT2D eigenvalue weighted by atomic mass is 16.3. The number of nitrogens with one attached hydrogen (secondary N) is 1. The summed E-state index contributed by atoms with van der Waals surface area (Å²) in [6.45, 7) is 4.54. The minimum absolute atomic E-state index is 0.0444. The van der Waals surface area contributed by atoms with Gasteiger partial charge in [-0.15, -0.1) is 0 Å². The number of aryl methyl sites for hydroxylation is 1. The summed E-state index contributed by atoms with van der Waals surface area (Å²) in [6.07, 6.45) is 3.85. The Labute approximate surface area is 88.8 Å². The van der Waals surface area contributed by atoms with Crippen molar-refractivity contribution in [1.29, 1.82) is 0 Å². The molecule has 0 fully saturated rings. The fourth-order valence-corrected chi connectivity index (χ4v) is 1.29. The van der Waals surface area contributed by atoms with E-state index in [1.165, 1.54) is 0 Å². The SMILES string of the molecule is CCn1ccnc(NC(C)CCO)c1=O. The molecule has 5 nitrogen and oxygen atoms in total. The van der Waals surface area contributed by atoms with Gasteiger partial charge < -0.3 is 15.0 Å². The third-order valence-corrected chi connectivity index (χ3v) is 2.20. The molecule has 15 heavy (non-hydrogen) atoms. The lowest BCUT2D eigenvalue weighted by Gasteiger charge is -2.13. The summed E-state index contributed by atoms with van der Waals surface area (Å²) < 4.78 is 1.58. The third-order valence-electron chi connectivity index (χ3n) is 2.20. The number of nitrogens with zero attached hydrogens (tertiary/aromatic N) is 2. The predicted octanol–water partition coefficient (Wildman–Crippen LogP) is 0.446. The van der Waals surface area contributed by atoms with Crippen LogP contribution in [0.15, 0.2) is 17.2 Å². The fraction of sp³-hybridized carbons (Fsp3) is 0.600. The Morgan fingerprint density at radius 1 is 1.67 bits per heavy atom. The van der Waals surface area contributed by atoms with Crippen molar-refractivity contribution >= 4 is 5.82 Å². The second-order valence-corrected chi connectivity index (χ2v) is 3.42. The summed E-state index contributed by atoms with van der Waals surface area (Å²) in [5.74, 6) is 0.348. The summed E-state index contributed by atoms with van der Waals surface area (Å²) in [6, 6.07) is 0.0444. The number of aliphatic hydroxyl groups excluding tert-OH is 1. The Morgan fingerprint density at radius 3 is 3.00 bits per heavy atom. The number of anilines is 1. The van der Waals surface area contributed by atoms with Gasteiger partial charge in [0.15, 0.2) is 5.82 Å². The molecule has 84 valence electrons. The summed E-state index contributed by atoms with van der Waals surface area (Å²) in [5.41, 5.74) is -0.121. The maximum Gasteiger partial charge on any atom is 0.293 e. The predicted molar refractivity (Wildman–Crippen MR) is 59.0 cm³/mol. The molecule has 0 aromatic carbocycles. The molecular formula is C10H17N3O2. The van der Waals surface area contributed by atoms with Crippen LogP contribution < -0.4 is 10.9 Å². The summed E-state index contributed by atoms with van der Waals surface area (Å²) in [5, 5.41) is 11.7. The zero-order chi connectivity index (χ0) is 11.3. The number of aliphatic hydroxyl groups is 1. The normalized spacial score (nSPS) is 12.5. The van der Waals surface area contributed by atoms with Crippen LogP contribution in [0, 0.1) is 0 Å². The number of aromatic nitrogens is 2. The zero-order valence-corrected chi connectivity index (χ0v) is 9.10. The summed E-state index contributed by atoms with van der Waals surface area (Å²) >= 11 is 0. The molecule has 1 heterocycles. The number of hydrogen-bond acceptors (Lipinski definition) is 4. The summed E-state index contributed by atoms with van der Waals surface area (Å²) in [7, 11) is 0. The van der Waals surface area contributed by atoms with E-state index < -0.39 is 0 Å². The van der Waals surface area contributed by atoms with Crippen molar-refractivity contribution in [2.24, 2.45) is 0 Å². The van der Waals surface area contributed by atoms with Crippen molar-refractivity contribution < 1.29 is 5.11 Å². The van der Waals surface area contributed by atoms with Gasteiger partial charge >= 0.3 is 0 Å². The molecule has 0 radical (unpaired) electrons. The van der Waals surface area contributed by atoms with Gasteiger partial charge in [0.2, 0.25) is 0 Å². The lowest BCUT2D eigenvalue weighted by Crippen LogP contribution is -2.27. The Balaban J connectivity index is 2.81. The third kappa shape index (κ3) is 3.06. The molecule has 0 aliphatic carbocycles. The van der Waals surface area contributed by atoms with Crippen LogP contribution in [0.25, 0.3) is 0 Å². The van der Waals surface area contributed by atoms with E-state index in [2.05, 4.69) is 10.3 Å². The topological polar surface area (TPSA) is 67.2 Å². The van der Waals surface area contributed by atoms with E-state index in [1.807, 2.05) is 13.8 Å². The molecule has 0 aliphatic rings. The van der Waals surface area contributed by atoms with E-state index in [0.29, 0.717) is 18.8 Å². The molecule has 1 aromatic heterocycles. The highest BCUT2D eigenvalue weighted by molar-refractivity contribution is 5.31. The highest BCUT2D eigenvalue weighted by Gasteiger charge is 2.06. The van der Waals surface area contributed by atoms with E-state index in [-0.39, 0.29) is 18.2 Å². The van der Waals surface area contributed by atoms with E-state index in [4.69, 9.17) is 5.11 Å². The van der Waals surface area contributed by atoms with Gasteiger partial charge in [-0.3, -0.25) is 4.79 Å². The zero-order valence-electron chi connectivity index (χ0n) is 9.10. The average Bonchev–Trinajstić information content (AvgIpc) is 2.21. The van der Waals surface area contributed by atoms with Gasteiger partial charge in [-0.25, -0.2) is 4.98 Å². The van der Waals surface area contributed by atoms with Gasteiger partial charge in [0.25, 0.3) is 5.56 Å². The Kier molecular flexibility index (Phi) is 4.30. The highest BCUT2D eigenvalue weighted by Crippen LogP contribution is 1.99. The van der Waals surface area contributed by atoms with Crippen LogP contribution in [-0.4, -0.2) is 27.3 Å². The van der Waals surface area contributed by atoms with Crippen LogP contribution in [0.3, 0.4) is 0 Å². The van der Waals surface area contributed by atoms with Crippen molar-refractivity contribution in [3.05, 3.63) is 22.7 Å². The Bertz CT molecular complexity index is 362. The minimum atomic E-state index is -0.121. The van der Waals surface area contributed by atoms with Crippen LogP contribution in [0.4, 0.5) is 5.82 Å². The first-order chi connectivity index (χ1) is 7.19. The van der Waals surface area contributed by atoms with Crippen molar-refractivity contribution in [2.75, 3.05) is 11.9 Å². The molecular weight excluding hydrogens is 194 g/mol. The molecule has 1 aromatic rings. The first kappa shape index (κ1) is 11.7. The smallest absolute Gasteiger partial charge is 0.293 e. The minimum Gasteiger partial charge on any atom is -0.396 e. The molecule has 5 heteroatoms. The first-order valence-electron chi connectivity index (χ1n) is 5.11. The van der Waals surface area contributed by atoms with E-state index in [9.17, 15) is 4.79 Å². The largest absolute Gasteiger partial charge is 0.396 e. The van der Waals surface area contributed by atoms with Gasteiger partial charge in [0, 0.05) is 31.6 Å². The standard InChI is InChI=1S/C10H17N3O2/c1-3-13-6-5-11-9(10(13)15)12-8(2)4-7-14/h5-6,8,14H,3-4,7H2,1-2H3,(H,11,12). The molecule has 1 atom stereocenters. The molecule has 0 saturated carbocycles. The maximum atomic E-state index is 11.7. The van der Waals surface area contributed by atoms with E-state index in [1.54, 1.807) is 17.0 Å². The second-order valence-electron chi connectivity index (χ2n) is 3.42. The number of rotatable bonds is 5. The van der Waals surface area contributed by atoms with Gasteiger partial charge in [-0.2, -0.15) is 0 Å². The van der Waals surface area contributed by atoms with Crippen LogP contribution in [0.1, 0.15) is 20.3 Å². The van der Waals surface area contributed by atoms with Crippen LogP contribution in [0.5, 0.6) is 0 Å². The maximum absolute atomic E-state index is 11.7. The molecule has 1 unspecified atom stereocenters. The van der Waals surface area contributed by atoms with Gasteiger partial charge in [0.1, 0.15) is 0 Å². The second kappa shape index (κ2) is 5.50. The molecule has 0 aliphatic heterocycles. The van der Waals surface area contributed by atoms with Crippen LogP contribution >= 0.6 is 0 Å². The fourth-order valence-electron chi connectivity index (χ4n) is 1.29. The number of hydrogen-bond donors (Lipinski definition) is 2. The monoisotopic (exact) mass is 211 g/mol. The lowest BCUT2D eigenvalue weighted by atomic mass is 10.2. The molecule has 0 spiro atoms. The lowest BCUT2D eigenvalue weighted by molar-refractivity contribution is 0.282. The van der Waals surface area contributed by atoms with Gasteiger partial charge in [-0.05, 0) is 20.3 Å². The first-order valence-corrected chi connectivity index (χ1v) is 5.11. The Hall–Kier alpha value is -1.36. The van der Waals surface area contributed by atoms with Crippen molar-refractivity contribution in [2.45, 2.75) is 32.9 Å². The van der Waals surface area contributed by atoms with E-state index >= 15 is 0 Å². The van der Waals surface area contributed by atoms with Gasteiger partial charge in [0.05, 0.1) is 0 Å². The van der Waals surface area contributed by atoms with Crippen molar-refractivity contribution in [1.82, 2.24) is 9.55 Å². The molecule has 0 saturated heterocycles. The van der Waals surface area contributed by atoms with Crippen LogP contribution in [-0.2, 0) is 6.54 Å². The van der Waals surface area contributed by atoms with Gasteiger partial charge in [-0.1, -0.05) is 0 Å². The summed E-state index contributed by atoms with van der Waals surface area (Å²) in [4.78, 5) is 15.7. The average molecular weight is 211 g/mol.